The molecule has 0 saturated carbocycles. The van der Waals surface area contributed by atoms with E-state index in [4.69, 9.17) is 4.74 Å². The van der Waals surface area contributed by atoms with Crippen LogP contribution in [0.25, 0.3) is 0 Å². The highest BCUT2D eigenvalue weighted by molar-refractivity contribution is 5.33. The van der Waals surface area contributed by atoms with Crippen LogP contribution >= 0.6 is 0 Å². The summed E-state index contributed by atoms with van der Waals surface area (Å²) < 4.78 is 87.2. The van der Waals surface area contributed by atoms with E-state index in [2.05, 4.69) is 20.4 Å². The molecular formula is C24H25F6N5O. The molecule has 0 unspecified atom stereocenters. The number of ether oxygens (including phenoxy) is 1. The van der Waals surface area contributed by atoms with Crippen LogP contribution in [0.15, 0.2) is 48.5 Å². The molecule has 0 aliphatic carbocycles. The number of hydrogen-bond acceptors (Lipinski definition) is 5. The molecule has 0 bridgehead atoms. The molecule has 1 aliphatic rings. The standard InChI is InChI=1S/C24H25F6N5O/c1-34-21(31-32-33-34)9-11-35-10-5-8-20(22(35)17-6-3-2-4-7-17)36-15-16-12-18(23(25,26)27)14-19(13-16)24(28,29)30/h2-4,6-7,12-14,20,22H,5,8-11,15H2,1H3/t20-,22-/m1/s1. The number of hydrogen-bond donors (Lipinski definition) is 0. The van der Waals surface area contributed by atoms with Crippen molar-refractivity contribution in [1.29, 1.82) is 0 Å². The van der Waals surface area contributed by atoms with Gasteiger partial charge in [-0.15, -0.1) is 5.10 Å². The van der Waals surface area contributed by atoms with E-state index in [1.165, 1.54) is 0 Å². The van der Waals surface area contributed by atoms with Gasteiger partial charge in [-0.05, 0) is 59.1 Å². The van der Waals surface area contributed by atoms with E-state index in [1.54, 1.807) is 11.7 Å². The van der Waals surface area contributed by atoms with Crippen LogP contribution in [-0.2, 0) is 37.2 Å². The van der Waals surface area contributed by atoms with Gasteiger partial charge < -0.3 is 4.74 Å². The van der Waals surface area contributed by atoms with Crippen molar-refractivity contribution in [2.45, 2.75) is 50.4 Å². The Morgan fingerprint density at radius 3 is 2.22 bits per heavy atom. The molecule has 0 amide bonds. The quantitative estimate of drug-likeness (QED) is 0.406. The molecule has 0 spiro atoms. The van der Waals surface area contributed by atoms with Crippen LogP contribution in [0.4, 0.5) is 26.3 Å². The molecule has 2 aromatic carbocycles. The van der Waals surface area contributed by atoms with Gasteiger partial charge in [-0.2, -0.15) is 26.3 Å². The fraction of sp³-hybridized carbons (Fsp3) is 0.458. The van der Waals surface area contributed by atoms with Gasteiger partial charge in [0, 0.05) is 20.0 Å². The minimum Gasteiger partial charge on any atom is -0.372 e. The maximum atomic E-state index is 13.3. The van der Waals surface area contributed by atoms with Crippen molar-refractivity contribution in [3.63, 3.8) is 0 Å². The molecule has 6 nitrogen and oxygen atoms in total. The molecule has 1 fully saturated rings. The SMILES string of the molecule is Cn1nnnc1CCN1CCC[C@@H](OCc2cc(C(F)(F)F)cc(C(F)(F)F)c2)[C@H]1c1ccccc1. The lowest BCUT2D eigenvalue weighted by molar-refractivity contribution is -0.143. The summed E-state index contributed by atoms with van der Waals surface area (Å²) in [5.41, 5.74) is -1.92. The zero-order chi connectivity index (χ0) is 25.9. The van der Waals surface area contributed by atoms with Crippen LogP contribution in [0.5, 0.6) is 0 Å². The third kappa shape index (κ3) is 6.22. The molecule has 4 rings (SSSR count). The Balaban J connectivity index is 1.56. The van der Waals surface area contributed by atoms with Crippen LogP contribution in [0.2, 0.25) is 0 Å². The van der Waals surface area contributed by atoms with E-state index in [0.717, 1.165) is 18.5 Å². The number of halogens is 6. The van der Waals surface area contributed by atoms with E-state index >= 15 is 0 Å². The first-order chi connectivity index (χ1) is 17.0. The second-order valence-electron chi connectivity index (χ2n) is 8.77. The highest BCUT2D eigenvalue weighted by atomic mass is 19.4. The van der Waals surface area contributed by atoms with Crippen molar-refractivity contribution in [2.75, 3.05) is 13.1 Å². The molecule has 194 valence electrons. The van der Waals surface area contributed by atoms with Gasteiger partial charge in [-0.25, -0.2) is 4.68 Å². The minimum absolute atomic E-state index is 0.125. The summed E-state index contributed by atoms with van der Waals surface area (Å²) in [6.07, 6.45) is -8.28. The molecule has 1 aliphatic heterocycles. The number of nitrogens with zero attached hydrogens (tertiary/aromatic N) is 5. The zero-order valence-electron chi connectivity index (χ0n) is 19.4. The lowest BCUT2D eigenvalue weighted by Crippen LogP contribution is -2.44. The number of piperidine rings is 1. The Kier molecular flexibility index (Phi) is 7.65. The molecule has 3 aromatic rings. The number of tetrazole rings is 1. The fourth-order valence-electron chi connectivity index (χ4n) is 4.54. The van der Waals surface area contributed by atoms with Crippen LogP contribution in [0.3, 0.4) is 0 Å². The summed E-state index contributed by atoms with van der Waals surface area (Å²) in [4.78, 5) is 2.20. The third-order valence-electron chi connectivity index (χ3n) is 6.26. The molecule has 36 heavy (non-hydrogen) atoms. The summed E-state index contributed by atoms with van der Waals surface area (Å²) in [5.74, 6) is 0.702. The summed E-state index contributed by atoms with van der Waals surface area (Å²) >= 11 is 0. The zero-order valence-corrected chi connectivity index (χ0v) is 19.4. The maximum absolute atomic E-state index is 13.3. The Morgan fingerprint density at radius 2 is 1.64 bits per heavy atom. The Bertz CT molecular complexity index is 1120. The molecule has 12 heteroatoms. The topological polar surface area (TPSA) is 56.1 Å². The van der Waals surface area contributed by atoms with Gasteiger partial charge in [0.2, 0.25) is 0 Å². The largest absolute Gasteiger partial charge is 0.416 e. The van der Waals surface area contributed by atoms with E-state index < -0.39 is 29.6 Å². The first kappa shape index (κ1) is 26.1. The van der Waals surface area contributed by atoms with Crippen molar-refractivity contribution in [3.05, 3.63) is 76.6 Å². The van der Waals surface area contributed by atoms with E-state index in [0.29, 0.717) is 37.3 Å². The van der Waals surface area contributed by atoms with Crippen LogP contribution in [0, 0.1) is 0 Å². The lowest BCUT2D eigenvalue weighted by atomic mass is 9.92. The van der Waals surface area contributed by atoms with Crippen molar-refractivity contribution < 1.29 is 31.1 Å². The first-order valence-corrected chi connectivity index (χ1v) is 11.4. The molecule has 1 aromatic heterocycles. The van der Waals surface area contributed by atoms with Crippen molar-refractivity contribution in [3.8, 4) is 0 Å². The van der Waals surface area contributed by atoms with E-state index in [-0.39, 0.29) is 24.3 Å². The van der Waals surface area contributed by atoms with Gasteiger partial charge in [-0.1, -0.05) is 30.3 Å². The smallest absolute Gasteiger partial charge is 0.372 e. The average Bonchev–Trinajstić information content (AvgIpc) is 3.25. The highest BCUT2D eigenvalue weighted by Crippen LogP contribution is 2.38. The first-order valence-electron chi connectivity index (χ1n) is 11.4. The fourth-order valence-corrected chi connectivity index (χ4v) is 4.54. The van der Waals surface area contributed by atoms with Crippen LogP contribution in [-0.4, -0.2) is 44.3 Å². The van der Waals surface area contributed by atoms with Gasteiger partial charge in [0.1, 0.15) is 0 Å². The predicted molar refractivity (Wildman–Crippen MR) is 118 cm³/mol. The van der Waals surface area contributed by atoms with Crippen LogP contribution in [0.1, 0.15) is 47.0 Å². The van der Waals surface area contributed by atoms with Crippen molar-refractivity contribution in [2.24, 2.45) is 7.05 Å². The Labute approximate surface area is 203 Å². The average molecular weight is 513 g/mol. The van der Waals surface area contributed by atoms with E-state index in [9.17, 15) is 26.3 Å². The van der Waals surface area contributed by atoms with Gasteiger partial charge >= 0.3 is 12.4 Å². The van der Waals surface area contributed by atoms with Gasteiger partial charge in [0.05, 0.1) is 29.9 Å². The van der Waals surface area contributed by atoms with Crippen LogP contribution < -0.4 is 0 Å². The number of rotatable bonds is 7. The van der Waals surface area contributed by atoms with Gasteiger partial charge in [0.15, 0.2) is 5.82 Å². The maximum Gasteiger partial charge on any atom is 0.416 e. The Morgan fingerprint density at radius 1 is 0.972 bits per heavy atom. The number of aromatic nitrogens is 4. The lowest BCUT2D eigenvalue weighted by Gasteiger charge is -2.41. The minimum atomic E-state index is -4.90. The molecule has 2 heterocycles. The predicted octanol–water partition coefficient (Wildman–Crippen LogP) is 5.21. The van der Waals surface area contributed by atoms with Crippen molar-refractivity contribution >= 4 is 0 Å². The molecular weight excluding hydrogens is 488 g/mol. The number of likely N-dealkylation sites (tertiary alicyclic amines) is 1. The molecule has 0 N–H and O–H groups in total. The summed E-state index contributed by atoms with van der Waals surface area (Å²) in [7, 11) is 1.75. The summed E-state index contributed by atoms with van der Waals surface area (Å²) in [6, 6.07) is 10.9. The van der Waals surface area contributed by atoms with Gasteiger partial charge in [-0.3, -0.25) is 4.90 Å². The highest BCUT2D eigenvalue weighted by Gasteiger charge is 2.38. The normalized spacial score (nSPS) is 19.5. The second-order valence-corrected chi connectivity index (χ2v) is 8.77. The number of aryl methyl sites for hydroxylation is 1. The van der Waals surface area contributed by atoms with Crippen molar-refractivity contribution in [1.82, 2.24) is 25.1 Å². The number of alkyl halides is 6. The summed E-state index contributed by atoms with van der Waals surface area (Å²) in [5, 5.41) is 11.5. The second kappa shape index (κ2) is 10.6. The summed E-state index contributed by atoms with van der Waals surface area (Å²) in [6.45, 7) is 0.990. The molecule has 0 radical (unpaired) electrons. The van der Waals surface area contributed by atoms with E-state index in [1.807, 2.05) is 30.3 Å². The molecule has 1 saturated heterocycles. The third-order valence-corrected chi connectivity index (χ3v) is 6.26. The van der Waals surface area contributed by atoms with Gasteiger partial charge in [0.25, 0.3) is 0 Å². The number of benzene rings is 2. The monoisotopic (exact) mass is 513 g/mol. The molecule has 2 atom stereocenters. The Hall–Kier alpha value is -2.99.